The summed E-state index contributed by atoms with van der Waals surface area (Å²) in [4.78, 5) is 34.2. The summed E-state index contributed by atoms with van der Waals surface area (Å²) in [5.41, 5.74) is 8.16. The number of ether oxygens (including phenoxy) is 1. The first-order valence-corrected chi connectivity index (χ1v) is 11.2. The van der Waals surface area contributed by atoms with Crippen LogP contribution in [0.2, 0.25) is 0 Å². The number of pyridine rings is 1. The van der Waals surface area contributed by atoms with Gasteiger partial charge in [0, 0.05) is 44.6 Å². The van der Waals surface area contributed by atoms with E-state index in [4.69, 9.17) is 4.74 Å². The lowest BCUT2D eigenvalue weighted by Crippen LogP contribution is -2.56. The molecule has 2 atom stereocenters. The fourth-order valence-electron chi connectivity index (χ4n) is 4.85. The van der Waals surface area contributed by atoms with E-state index in [-0.39, 0.29) is 23.9 Å². The summed E-state index contributed by atoms with van der Waals surface area (Å²) < 4.78 is 5.24. The topological polar surface area (TPSA) is 86.8 Å². The smallest absolute Gasteiger partial charge is 0.241 e. The van der Waals surface area contributed by atoms with Gasteiger partial charge >= 0.3 is 0 Å². The molecule has 1 aliphatic carbocycles. The Morgan fingerprint density at radius 1 is 0.969 bits per heavy atom. The standard InChI is InChI=1S/C24H29N5O3/c1-32-19-4-2-18(3-5-19)24(8-9-24)23(31)29-14-12-28(13-15-29)22(30)21-16-20(26-27-21)17-6-10-25-11-7-17/h2-7,10-11,20-21,26-27H,8-9,12-16H2,1H3. The van der Waals surface area contributed by atoms with Crippen molar-refractivity contribution in [1.82, 2.24) is 25.6 Å². The van der Waals surface area contributed by atoms with Crippen molar-refractivity contribution in [2.24, 2.45) is 0 Å². The van der Waals surface area contributed by atoms with E-state index in [1.54, 1.807) is 19.5 Å². The van der Waals surface area contributed by atoms with Crippen LogP contribution >= 0.6 is 0 Å². The van der Waals surface area contributed by atoms with Crippen LogP contribution < -0.4 is 15.6 Å². The number of carbonyl (C=O) groups is 2. The molecule has 2 amide bonds. The molecule has 3 fully saturated rings. The number of piperazine rings is 1. The van der Waals surface area contributed by atoms with Gasteiger partial charge in [-0.1, -0.05) is 12.1 Å². The molecule has 8 nitrogen and oxygen atoms in total. The number of methoxy groups -OCH3 is 1. The summed E-state index contributed by atoms with van der Waals surface area (Å²) in [7, 11) is 1.64. The molecule has 3 aliphatic rings. The number of hydrogen-bond donors (Lipinski definition) is 2. The summed E-state index contributed by atoms with van der Waals surface area (Å²) in [5, 5.41) is 0. The molecule has 1 saturated carbocycles. The first-order valence-electron chi connectivity index (χ1n) is 11.2. The average Bonchev–Trinajstić information content (AvgIpc) is 3.53. The molecule has 2 aromatic rings. The number of hydrazine groups is 1. The first kappa shape index (κ1) is 20.9. The fourth-order valence-corrected chi connectivity index (χ4v) is 4.85. The van der Waals surface area contributed by atoms with E-state index in [0.29, 0.717) is 32.6 Å². The Kier molecular flexibility index (Phi) is 5.57. The highest BCUT2D eigenvalue weighted by molar-refractivity contribution is 5.91. The van der Waals surface area contributed by atoms with Crippen molar-refractivity contribution in [2.75, 3.05) is 33.3 Å². The maximum atomic E-state index is 13.3. The molecule has 1 aromatic heterocycles. The van der Waals surface area contributed by atoms with Crippen LogP contribution in [0.1, 0.15) is 36.4 Å². The maximum absolute atomic E-state index is 13.3. The third-order valence-electron chi connectivity index (χ3n) is 6.99. The second-order valence-electron chi connectivity index (χ2n) is 8.84. The molecule has 2 unspecified atom stereocenters. The second kappa shape index (κ2) is 8.52. The van der Waals surface area contributed by atoms with Crippen LogP contribution in [0, 0.1) is 0 Å². The minimum absolute atomic E-state index is 0.0917. The SMILES string of the molecule is COc1ccc(C2(C(=O)N3CCN(C(=O)C4CC(c5ccncc5)NN4)CC3)CC2)cc1. The van der Waals surface area contributed by atoms with Crippen molar-refractivity contribution < 1.29 is 14.3 Å². The van der Waals surface area contributed by atoms with Crippen LogP contribution in [0.25, 0.3) is 0 Å². The van der Waals surface area contributed by atoms with Gasteiger partial charge in [0.05, 0.1) is 12.5 Å². The van der Waals surface area contributed by atoms with Gasteiger partial charge in [-0.05, 0) is 54.7 Å². The summed E-state index contributed by atoms with van der Waals surface area (Å²) >= 11 is 0. The minimum Gasteiger partial charge on any atom is -0.497 e. The zero-order chi connectivity index (χ0) is 22.1. The number of carbonyl (C=O) groups excluding carboxylic acids is 2. The van der Waals surface area contributed by atoms with E-state index in [1.807, 2.05) is 46.2 Å². The molecule has 0 spiro atoms. The van der Waals surface area contributed by atoms with Crippen molar-refractivity contribution in [3.63, 3.8) is 0 Å². The van der Waals surface area contributed by atoms with Gasteiger partial charge < -0.3 is 14.5 Å². The van der Waals surface area contributed by atoms with Gasteiger partial charge in [-0.3, -0.25) is 14.6 Å². The van der Waals surface area contributed by atoms with Crippen molar-refractivity contribution in [2.45, 2.75) is 36.8 Å². The molecule has 2 N–H and O–H groups in total. The monoisotopic (exact) mass is 435 g/mol. The normalized spacial score (nSPS) is 24.3. The van der Waals surface area contributed by atoms with E-state index in [2.05, 4.69) is 15.8 Å². The molecule has 3 heterocycles. The number of benzene rings is 1. The number of rotatable bonds is 5. The molecular weight excluding hydrogens is 406 g/mol. The van der Waals surface area contributed by atoms with Crippen molar-refractivity contribution >= 4 is 11.8 Å². The zero-order valence-corrected chi connectivity index (χ0v) is 18.3. The van der Waals surface area contributed by atoms with E-state index in [0.717, 1.165) is 29.7 Å². The quantitative estimate of drug-likeness (QED) is 0.739. The van der Waals surface area contributed by atoms with Crippen LogP contribution in [0.15, 0.2) is 48.8 Å². The lowest BCUT2D eigenvalue weighted by molar-refractivity contribution is -0.142. The van der Waals surface area contributed by atoms with Gasteiger partial charge in [-0.15, -0.1) is 0 Å². The molecule has 2 aliphatic heterocycles. The summed E-state index contributed by atoms with van der Waals surface area (Å²) in [6.45, 7) is 2.30. The lowest BCUT2D eigenvalue weighted by atomic mass is 9.94. The average molecular weight is 436 g/mol. The minimum atomic E-state index is -0.396. The van der Waals surface area contributed by atoms with Gasteiger partial charge in [-0.2, -0.15) is 0 Å². The molecule has 1 aromatic carbocycles. The Hall–Kier alpha value is -2.97. The molecule has 5 rings (SSSR count). The van der Waals surface area contributed by atoms with Crippen LogP contribution in [0.4, 0.5) is 0 Å². The predicted octanol–water partition coefficient (Wildman–Crippen LogP) is 1.40. The Morgan fingerprint density at radius 3 is 2.25 bits per heavy atom. The highest BCUT2D eigenvalue weighted by Gasteiger charge is 2.53. The summed E-state index contributed by atoms with van der Waals surface area (Å²) in [6.07, 6.45) is 5.99. The van der Waals surface area contributed by atoms with Gasteiger partial charge in [0.15, 0.2) is 0 Å². The third kappa shape index (κ3) is 3.84. The Morgan fingerprint density at radius 2 is 1.62 bits per heavy atom. The van der Waals surface area contributed by atoms with E-state index in [9.17, 15) is 9.59 Å². The van der Waals surface area contributed by atoms with Crippen LogP contribution in [-0.2, 0) is 15.0 Å². The van der Waals surface area contributed by atoms with E-state index >= 15 is 0 Å². The van der Waals surface area contributed by atoms with Crippen molar-refractivity contribution in [3.8, 4) is 5.75 Å². The number of amides is 2. The van der Waals surface area contributed by atoms with Crippen LogP contribution in [0.5, 0.6) is 5.75 Å². The van der Waals surface area contributed by atoms with Gasteiger partial charge in [0.1, 0.15) is 11.8 Å². The number of hydrogen-bond acceptors (Lipinski definition) is 6. The van der Waals surface area contributed by atoms with Crippen LogP contribution in [-0.4, -0.2) is 65.9 Å². The number of nitrogens with zero attached hydrogens (tertiary/aromatic N) is 3. The van der Waals surface area contributed by atoms with Crippen LogP contribution in [0.3, 0.4) is 0 Å². The number of nitrogens with one attached hydrogen (secondary N) is 2. The van der Waals surface area contributed by atoms with Gasteiger partial charge in [0.2, 0.25) is 11.8 Å². The van der Waals surface area contributed by atoms with Crippen molar-refractivity contribution in [3.05, 3.63) is 59.9 Å². The number of aromatic nitrogens is 1. The third-order valence-corrected chi connectivity index (χ3v) is 6.99. The molecule has 8 heteroatoms. The van der Waals surface area contributed by atoms with Crippen molar-refractivity contribution in [1.29, 1.82) is 0 Å². The second-order valence-corrected chi connectivity index (χ2v) is 8.84. The Balaban J connectivity index is 1.16. The highest BCUT2D eigenvalue weighted by atomic mass is 16.5. The molecule has 0 radical (unpaired) electrons. The summed E-state index contributed by atoms with van der Waals surface area (Å²) in [6, 6.07) is 11.6. The van der Waals surface area contributed by atoms with Gasteiger partial charge in [-0.25, -0.2) is 10.9 Å². The van der Waals surface area contributed by atoms with E-state index in [1.165, 1.54) is 0 Å². The Bertz CT molecular complexity index is 969. The maximum Gasteiger partial charge on any atom is 0.241 e. The molecule has 0 bridgehead atoms. The molecule has 168 valence electrons. The molecular formula is C24H29N5O3. The predicted molar refractivity (Wildman–Crippen MR) is 119 cm³/mol. The largest absolute Gasteiger partial charge is 0.497 e. The molecule has 2 saturated heterocycles. The summed E-state index contributed by atoms with van der Waals surface area (Å²) in [5.74, 6) is 1.08. The lowest BCUT2D eigenvalue weighted by Gasteiger charge is -2.37. The molecule has 32 heavy (non-hydrogen) atoms. The first-order chi connectivity index (χ1) is 15.6. The fraction of sp³-hybridized carbons (Fsp3) is 0.458. The van der Waals surface area contributed by atoms with E-state index < -0.39 is 5.41 Å². The Labute approximate surface area is 187 Å². The zero-order valence-electron chi connectivity index (χ0n) is 18.3. The highest BCUT2D eigenvalue weighted by Crippen LogP contribution is 2.50. The van der Waals surface area contributed by atoms with Gasteiger partial charge in [0.25, 0.3) is 0 Å².